The molecule has 122 valence electrons. The monoisotopic (exact) mass is 356 g/mol. The maximum Gasteiger partial charge on any atom is 0.251 e. The standard InChI is InChI=1S/C19H17ClN2OS/c1-13-7-8-15(11-17(13)20)18(23)21-10-9-16-12-24-19(22-16)14-5-3-2-4-6-14/h2-8,11-12H,9-10H2,1H3,(H,21,23). The van der Waals surface area contributed by atoms with Crippen molar-refractivity contribution >= 4 is 28.8 Å². The van der Waals surface area contributed by atoms with E-state index in [1.165, 1.54) is 0 Å². The normalized spacial score (nSPS) is 10.6. The van der Waals surface area contributed by atoms with Crippen molar-refractivity contribution in [2.45, 2.75) is 13.3 Å². The van der Waals surface area contributed by atoms with E-state index in [0.29, 0.717) is 23.6 Å². The molecular formula is C19H17ClN2OS. The number of rotatable bonds is 5. The van der Waals surface area contributed by atoms with Gasteiger partial charge in [0.05, 0.1) is 5.69 Å². The lowest BCUT2D eigenvalue weighted by Crippen LogP contribution is -2.25. The Morgan fingerprint density at radius 2 is 2.00 bits per heavy atom. The molecule has 0 unspecified atom stereocenters. The Kier molecular flexibility index (Phi) is 5.28. The highest BCUT2D eigenvalue weighted by atomic mass is 35.5. The Morgan fingerprint density at radius 1 is 1.21 bits per heavy atom. The first kappa shape index (κ1) is 16.7. The van der Waals surface area contributed by atoms with E-state index in [0.717, 1.165) is 21.8 Å². The fourth-order valence-electron chi connectivity index (χ4n) is 2.28. The molecule has 0 aliphatic rings. The molecular weight excluding hydrogens is 340 g/mol. The molecule has 0 bridgehead atoms. The minimum absolute atomic E-state index is 0.115. The quantitative estimate of drug-likeness (QED) is 0.717. The average molecular weight is 357 g/mol. The maximum atomic E-state index is 12.1. The first-order valence-electron chi connectivity index (χ1n) is 7.67. The van der Waals surface area contributed by atoms with Crippen molar-refractivity contribution in [2.75, 3.05) is 6.54 Å². The van der Waals surface area contributed by atoms with Crippen molar-refractivity contribution < 1.29 is 4.79 Å². The zero-order chi connectivity index (χ0) is 16.9. The van der Waals surface area contributed by atoms with E-state index >= 15 is 0 Å². The van der Waals surface area contributed by atoms with Crippen molar-refractivity contribution in [2.24, 2.45) is 0 Å². The van der Waals surface area contributed by atoms with E-state index < -0.39 is 0 Å². The number of nitrogens with one attached hydrogen (secondary N) is 1. The second-order valence-electron chi connectivity index (χ2n) is 5.48. The van der Waals surface area contributed by atoms with Gasteiger partial charge in [-0.15, -0.1) is 11.3 Å². The van der Waals surface area contributed by atoms with Crippen LogP contribution in [0.1, 0.15) is 21.6 Å². The zero-order valence-electron chi connectivity index (χ0n) is 13.3. The van der Waals surface area contributed by atoms with E-state index in [2.05, 4.69) is 10.3 Å². The van der Waals surface area contributed by atoms with Gasteiger partial charge < -0.3 is 5.32 Å². The van der Waals surface area contributed by atoms with Crippen LogP contribution in [-0.4, -0.2) is 17.4 Å². The Labute approximate surface area is 150 Å². The van der Waals surface area contributed by atoms with Crippen LogP contribution in [0.25, 0.3) is 10.6 Å². The molecule has 3 aromatic rings. The summed E-state index contributed by atoms with van der Waals surface area (Å²) in [6.45, 7) is 2.46. The summed E-state index contributed by atoms with van der Waals surface area (Å²) in [6.07, 6.45) is 0.703. The number of carbonyl (C=O) groups is 1. The van der Waals surface area contributed by atoms with Gasteiger partial charge >= 0.3 is 0 Å². The predicted octanol–water partition coefficient (Wildman–Crippen LogP) is 4.74. The summed E-state index contributed by atoms with van der Waals surface area (Å²) < 4.78 is 0. The van der Waals surface area contributed by atoms with Crippen LogP contribution in [0.15, 0.2) is 53.9 Å². The smallest absolute Gasteiger partial charge is 0.251 e. The molecule has 1 N–H and O–H groups in total. The van der Waals surface area contributed by atoms with Crippen molar-refractivity contribution in [3.8, 4) is 10.6 Å². The molecule has 0 fully saturated rings. The third-order valence-corrected chi connectivity index (χ3v) is 5.02. The highest BCUT2D eigenvalue weighted by Gasteiger charge is 2.08. The summed E-state index contributed by atoms with van der Waals surface area (Å²) in [4.78, 5) is 16.8. The summed E-state index contributed by atoms with van der Waals surface area (Å²) in [5.74, 6) is -0.115. The number of aryl methyl sites for hydroxylation is 1. The minimum atomic E-state index is -0.115. The SMILES string of the molecule is Cc1ccc(C(=O)NCCc2csc(-c3ccccc3)n2)cc1Cl. The van der Waals surface area contributed by atoms with E-state index in [4.69, 9.17) is 11.6 Å². The molecule has 24 heavy (non-hydrogen) atoms. The van der Waals surface area contributed by atoms with Gasteiger partial charge in [0.15, 0.2) is 0 Å². The van der Waals surface area contributed by atoms with Gasteiger partial charge in [-0.05, 0) is 24.6 Å². The van der Waals surface area contributed by atoms with E-state index in [1.807, 2.05) is 48.7 Å². The molecule has 3 rings (SSSR count). The van der Waals surface area contributed by atoms with Crippen LogP contribution in [0, 0.1) is 6.92 Å². The molecule has 0 spiro atoms. The Balaban J connectivity index is 1.56. The maximum absolute atomic E-state index is 12.1. The second-order valence-corrected chi connectivity index (χ2v) is 6.75. The second kappa shape index (κ2) is 7.60. The van der Waals surface area contributed by atoms with Gasteiger partial charge in [0, 0.05) is 34.5 Å². The molecule has 5 heteroatoms. The van der Waals surface area contributed by atoms with Crippen LogP contribution in [0.3, 0.4) is 0 Å². The van der Waals surface area contributed by atoms with Crippen LogP contribution in [0.2, 0.25) is 5.02 Å². The highest BCUT2D eigenvalue weighted by Crippen LogP contribution is 2.23. The van der Waals surface area contributed by atoms with Crippen molar-refractivity contribution in [3.05, 3.63) is 75.8 Å². The van der Waals surface area contributed by atoms with Crippen LogP contribution in [0.5, 0.6) is 0 Å². The van der Waals surface area contributed by atoms with Gasteiger partial charge in [-0.2, -0.15) is 0 Å². The van der Waals surface area contributed by atoms with Crippen molar-refractivity contribution in [3.63, 3.8) is 0 Å². The lowest BCUT2D eigenvalue weighted by molar-refractivity contribution is 0.0954. The van der Waals surface area contributed by atoms with Gasteiger partial charge in [-0.25, -0.2) is 4.98 Å². The van der Waals surface area contributed by atoms with Crippen LogP contribution < -0.4 is 5.32 Å². The Bertz CT molecular complexity index is 846. The number of benzene rings is 2. The fraction of sp³-hybridized carbons (Fsp3) is 0.158. The Hall–Kier alpha value is -2.17. The van der Waals surface area contributed by atoms with E-state index in [-0.39, 0.29) is 5.91 Å². The number of amides is 1. The fourth-order valence-corrected chi connectivity index (χ4v) is 3.32. The first-order chi connectivity index (χ1) is 11.6. The number of carbonyl (C=O) groups excluding carboxylic acids is 1. The van der Waals surface area contributed by atoms with Gasteiger partial charge in [0.1, 0.15) is 5.01 Å². The van der Waals surface area contributed by atoms with Gasteiger partial charge in [0.25, 0.3) is 5.91 Å². The summed E-state index contributed by atoms with van der Waals surface area (Å²) in [7, 11) is 0. The molecule has 0 aliphatic carbocycles. The molecule has 0 aliphatic heterocycles. The number of hydrogen-bond acceptors (Lipinski definition) is 3. The molecule has 1 aromatic heterocycles. The molecule has 1 heterocycles. The predicted molar refractivity (Wildman–Crippen MR) is 99.8 cm³/mol. The van der Waals surface area contributed by atoms with Crippen LogP contribution in [0.4, 0.5) is 0 Å². The van der Waals surface area contributed by atoms with Crippen molar-refractivity contribution in [1.29, 1.82) is 0 Å². The molecule has 3 nitrogen and oxygen atoms in total. The van der Waals surface area contributed by atoms with Crippen LogP contribution >= 0.6 is 22.9 Å². The molecule has 0 saturated heterocycles. The number of hydrogen-bond donors (Lipinski definition) is 1. The topological polar surface area (TPSA) is 42.0 Å². The first-order valence-corrected chi connectivity index (χ1v) is 8.93. The van der Waals surface area contributed by atoms with E-state index in [9.17, 15) is 4.79 Å². The molecule has 0 saturated carbocycles. The van der Waals surface area contributed by atoms with E-state index in [1.54, 1.807) is 23.5 Å². The summed E-state index contributed by atoms with van der Waals surface area (Å²) in [6, 6.07) is 15.4. The lowest BCUT2D eigenvalue weighted by atomic mass is 10.1. The number of thiazole rings is 1. The molecule has 2 aromatic carbocycles. The largest absolute Gasteiger partial charge is 0.352 e. The number of halogens is 1. The number of nitrogens with zero attached hydrogens (tertiary/aromatic N) is 1. The molecule has 0 atom stereocenters. The molecule has 0 radical (unpaired) electrons. The van der Waals surface area contributed by atoms with Crippen molar-refractivity contribution in [1.82, 2.24) is 10.3 Å². The highest BCUT2D eigenvalue weighted by molar-refractivity contribution is 7.13. The summed E-state index contributed by atoms with van der Waals surface area (Å²) in [5, 5.41) is 6.56. The number of aromatic nitrogens is 1. The summed E-state index contributed by atoms with van der Waals surface area (Å²) in [5.41, 5.74) is 3.64. The van der Waals surface area contributed by atoms with Gasteiger partial charge in [0.2, 0.25) is 0 Å². The van der Waals surface area contributed by atoms with Crippen LogP contribution in [-0.2, 0) is 6.42 Å². The molecule has 1 amide bonds. The zero-order valence-corrected chi connectivity index (χ0v) is 14.8. The van der Waals surface area contributed by atoms with Gasteiger partial charge in [-0.3, -0.25) is 4.79 Å². The third-order valence-electron chi connectivity index (χ3n) is 3.67. The summed E-state index contributed by atoms with van der Waals surface area (Å²) >= 11 is 7.68. The lowest BCUT2D eigenvalue weighted by Gasteiger charge is -2.05. The third kappa shape index (κ3) is 4.02. The minimum Gasteiger partial charge on any atom is -0.352 e. The van der Waals surface area contributed by atoms with Gasteiger partial charge in [-0.1, -0.05) is 48.0 Å². The average Bonchev–Trinajstić information content (AvgIpc) is 3.07. The Morgan fingerprint density at radius 3 is 2.75 bits per heavy atom.